The Morgan fingerprint density at radius 2 is 1.59 bits per heavy atom. The summed E-state index contributed by atoms with van der Waals surface area (Å²) in [6, 6.07) is 15.5. The lowest BCUT2D eigenvalue weighted by atomic mass is 9.88. The third kappa shape index (κ3) is 4.03. The van der Waals surface area contributed by atoms with Gasteiger partial charge in [-0.3, -0.25) is 9.59 Å². The van der Waals surface area contributed by atoms with Gasteiger partial charge in [0.15, 0.2) is 0 Å². The molecule has 0 spiro atoms. The number of ether oxygens (including phenoxy) is 1. The minimum absolute atomic E-state index is 0.00542. The van der Waals surface area contributed by atoms with Crippen molar-refractivity contribution in [2.45, 2.75) is 25.3 Å². The number of carbonyl (C=O) groups is 2. The fourth-order valence-electron chi connectivity index (χ4n) is 3.80. The number of rotatable bonds is 3. The van der Waals surface area contributed by atoms with E-state index < -0.39 is 0 Å². The molecule has 0 bridgehead atoms. The van der Waals surface area contributed by atoms with Crippen LogP contribution in [-0.4, -0.2) is 49.1 Å². The molecule has 140 valence electrons. The van der Waals surface area contributed by atoms with Crippen LogP contribution in [-0.2, 0) is 17.6 Å². The van der Waals surface area contributed by atoms with Crippen LogP contribution < -0.4 is 5.32 Å². The van der Waals surface area contributed by atoms with Crippen molar-refractivity contribution < 1.29 is 14.3 Å². The maximum Gasteiger partial charge on any atom is 0.254 e. The van der Waals surface area contributed by atoms with Gasteiger partial charge in [0.1, 0.15) is 0 Å². The molecule has 2 aromatic rings. The minimum atomic E-state index is -0.0789. The molecular weight excluding hydrogens is 340 g/mol. The quantitative estimate of drug-likeness (QED) is 0.910. The lowest BCUT2D eigenvalue weighted by Gasteiger charge is -2.27. The van der Waals surface area contributed by atoms with Crippen molar-refractivity contribution in [1.29, 1.82) is 0 Å². The molecule has 0 unspecified atom stereocenters. The molecule has 2 amide bonds. The number of morpholine rings is 1. The predicted molar refractivity (Wildman–Crippen MR) is 103 cm³/mol. The molecule has 0 radical (unpaired) electrons. The first-order valence-corrected chi connectivity index (χ1v) is 9.55. The topological polar surface area (TPSA) is 58.6 Å². The Hall–Kier alpha value is -2.66. The zero-order chi connectivity index (χ0) is 18.6. The first-order chi connectivity index (χ1) is 13.2. The van der Waals surface area contributed by atoms with Crippen molar-refractivity contribution in [1.82, 2.24) is 10.2 Å². The van der Waals surface area contributed by atoms with Crippen LogP contribution in [0, 0.1) is 0 Å². The average Bonchev–Trinajstić information content (AvgIpc) is 2.74. The molecule has 2 aliphatic rings. The van der Waals surface area contributed by atoms with Gasteiger partial charge in [0.2, 0.25) is 0 Å². The maximum atomic E-state index is 12.6. The van der Waals surface area contributed by atoms with E-state index in [0.717, 1.165) is 19.3 Å². The SMILES string of the molecule is O=C(N[C@H]1CCc2ccccc2C1)c1ccc(C(=O)N2CCOCC2)cc1. The Labute approximate surface area is 159 Å². The number of aryl methyl sites for hydroxylation is 1. The standard InChI is InChI=1S/C22H24N2O3/c25-21(23-20-10-9-16-3-1-2-4-19(16)15-20)17-5-7-18(8-6-17)22(26)24-11-13-27-14-12-24/h1-8,20H,9-15H2,(H,23,25)/t20-/m0/s1. The van der Waals surface area contributed by atoms with Crippen molar-refractivity contribution in [3.8, 4) is 0 Å². The predicted octanol–water partition coefficient (Wildman–Crippen LogP) is 2.45. The second kappa shape index (κ2) is 7.92. The van der Waals surface area contributed by atoms with E-state index in [1.54, 1.807) is 29.2 Å². The van der Waals surface area contributed by atoms with Crippen LogP contribution in [0.3, 0.4) is 0 Å². The Balaban J connectivity index is 1.37. The molecule has 1 atom stereocenters. The zero-order valence-corrected chi connectivity index (χ0v) is 15.3. The smallest absolute Gasteiger partial charge is 0.254 e. The molecule has 27 heavy (non-hydrogen) atoms. The van der Waals surface area contributed by atoms with E-state index in [-0.39, 0.29) is 17.9 Å². The summed E-state index contributed by atoms with van der Waals surface area (Å²) in [6.45, 7) is 2.39. The summed E-state index contributed by atoms with van der Waals surface area (Å²) in [5.41, 5.74) is 3.90. The van der Waals surface area contributed by atoms with Crippen LogP contribution in [0.1, 0.15) is 38.3 Å². The van der Waals surface area contributed by atoms with Crippen molar-refractivity contribution in [3.05, 3.63) is 70.8 Å². The first kappa shape index (κ1) is 17.7. The molecule has 0 aromatic heterocycles. The van der Waals surface area contributed by atoms with Crippen LogP contribution in [0.15, 0.2) is 48.5 Å². The van der Waals surface area contributed by atoms with Gasteiger partial charge >= 0.3 is 0 Å². The summed E-state index contributed by atoms with van der Waals surface area (Å²) >= 11 is 0. The molecule has 1 aliphatic carbocycles. The molecular formula is C22H24N2O3. The van der Waals surface area contributed by atoms with Gasteiger partial charge in [0.05, 0.1) is 13.2 Å². The van der Waals surface area contributed by atoms with Gasteiger partial charge in [0.25, 0.3) is 11.8 Å². The molecule has 1 fully saturated rings. The highest BCUT2D eigenvalue weighted by Crippen LogP contribution is 2.21. The highest BCUT2D eigenvalue weighted by Gasteiger charge is 2.21. The number of fused-ring (bicyclic) bond motifs is 1. The second-order valence-electron chi connectivity index (χ2n) is 7.16. The average molecular weight is 364 g/mol. The fourth-order valence-corrected chi connectivity index (χ4v) is 3.80. The van der Waals surface area contributed by atoms with Crippen LogP contribution in [0.4, 0.5) is 0 Å². The molecule has 5 heteroatoms. The Morgan fingerprint density at radius 3 is 2.33 bits per heavy atom. The van der Waals surface area contributed by atoms with E-state index in [2.05, 4.69) is 23.5 Å². The zero-order valence-electron chi connectivity index (χ0n) is 15.3. The van der Waals surface area contributed by atoms with Gasteiger partial charge in [-0.15, -0.1) is 0 Å². The van der Waals surface area contributed by atoms with Crippen molar-refractivity contribution >= 4 is 11.8 Å². The van der Waals surface area contributed by atoms with Gasteiger partial charge in [0, 0.05) is 30.3 Å². The van der Waals surface area contributed by atoms with Crippen molar-refractivity contribution in [2.24, 2.45) is 0 Å². The Kier molecular flexibility index (Phi) is 5.21. The largest absolute Gasteiger partial charge is 0.378 e. The molecule has 4 rings (SSSR count). The van der Waals surface area contributed by atoms with Crippen LogP contribution in [0.5, 0.6) is 0 Å². The summed E-state index contributed by atoms with van der Waals surface area (Å²) < 4.78 is 5.28. The van der Waals surface area contributed by atoms with E-state index >= 15 is 0 Å². The van der Waals surface area contributed by atoms with Crippen molar-refractivity contribution in [3.63, 3.8) is 0 Å². The molecule has 1 aliphatic heterocycles. The summed E-state index contributed by atoms with van der Waals surface area (Å²) in [4.78, 5) is 26.9. The molecule has 1 N–H and O–H groups in total. The number of hydrogen-bond acceptors (Lipinski definition) is 3. The maximum absolute atomic E-state index is 12.6. The van der Waals surface area contributed by atoms with E-state index in [1.165, 1.54) is 11.1 Å². The molecule has 2 aromatic carbocycles. The lowest BCUT2D eigenvalue weighted by molar-refractivity contribution is 0.0303. The number of benzene rings is 2. The highest BCUT2D eigenvalue weighted by molar-refractivity contribution is 5.98. The van der Waals surface area contributed by atoms with Crippen LogP contribution >= 0.6 is 0 Å². The number of nitrogens with zero attached hydrogens (tertiary/aromatic N) is 1. The minimum Gasteiger partial charge on any atom is -0.378 e. The number of hydrogen-bond donors (Lipinski definition) is 1. The Morgan fingerprint density at radius 1 is 0.926 bits per heavy atom. The normalized spacial score (nSPS) is 19.3. The van der Waals surface area contributed by atoms with E-state index in [1.807, 2.05) is 6.07 Å². The van der Waals surface area contributed by atoms with E-state index in [9.17, 15) is 9.59 Å². The fraction of sp³-hybridized carbons (Fsp3) is 0.364. The van der Waals surface area contributed by atoms with Gasteiger partial charge in [-0.1, -0.05) is 24.3 Å². The highest BCUT2D eigenvalue weighted by atomic mass is 16.5. The number of nitrogens with one attached hydrogen (secondary N) is 1. The third-order valence-corrected chi connectivity index (χ3v) is 5.37. The summed E-state index contributed by atoms with van der Waals surface area (Å²) in [5.74, 6) is -0.0844. The van der Waals surface area contributed by atoms with Crippen LogP contribution in [0.2, 0.25) is 0 Å². The third-order valence-electron chi connectivity index (χ3n) is 5.37. The lowest BCUT2D eigenvalue weighted by Crippen LogP contribution is -2.40. The van der Waals surface area contributed by atoms with Crippen LogP contribution in [0.25, 0.3) is 0 Å². The second-order valence-corrected chi connectivity index (χ2v) is 7.16. The summed E-state index contributed by atoms with van der Waals surface area (Å²) in [5, 5.41) is 3.14. The molecule has 0 saturated carbocycles. The summed E-state index contributed by atoms with van der Waals surface area (Å²) in [6.07, 6.45) is 2.82. The monoisotopic (exact) mass is 364 g/mol. The molecule has 1 saturated heterocycles. The summed E-state index contributed by atoms with van der Waals surface area (Å²) in [7, 11) is 0. The van der Waals surface area contributed by atoms with Crippen molar-refractivity contribution in [2.75, 3.05) is 26.3 Å². The van der Waals surface area contributed by atoms with E-state index in [4.69, 9.17) is 4.74 Å². The van der Waals surface area contributed by atoms with Gasteiger partial charge < -0.3 is 15.0 Å². The molecule has 1 heterocycles. The van der Waals surface area contributed by atoms with Gasteiger partial charge in [-0.2, -0.15) is 0 Å². The first-order valence-electron chi connectivity index (χ1n) is 9.55. The molecule has 5 nitrogen and oxygen atoms in total. The van der Waals surface area contributed by atoms with E-state index in [0.29, 0.717) is 37.4 Å². The van der Waals surface area contributed by atoms with Gasteiger partial charge in [-0.05, 0) is 54.7 Å². The number of amides is 2. The number of carbonyl (C=O) groups excluding carboxylic acids is 2. The van der Waals surface area contributed by atoms with Gasteiger partial charge in [-0.25, -0.2) is 0 Å². The Bertz CT molecular complexity index is 826.